The number of hydrogen-bond acceptors (Lipinski definition) is 3. The standard InChI is InChI=1S/C16H24N2O3S/c1-13(2)17-16(19)15-10-6-7-11-18(15)22(20,21)12-14-8-4-3-5-9-14/h3-5,8-9,13,15H,6-7,10-12H2,1-2H3,(H,17,19)/t15-/m0/s1. The summed E-state index contributed by atoms with van der Waals surface area (Å²) in [5.74, 6) is -0.245. The van der Waals surface area contributed by atoms with Crippen LogP contribution in [0.25, 0.3) is 0 Å². The Labute approximate surface area is 132 Å². The molecule has 1 aliphatic rings. The van der Waals surface area contributed by atoms with E-state index < -0.39 is 16.1 Å². The highest BCUT2D eigenvalue weighted by molar-refractivity contribution is 7.88. The lowest BCUT2D eigenvalue weighted by Gasteiger charge is -2.34. The number of carbonyl (C=O) groups excluding carboxylic acids is 1. The summed E-state index contributed by atoms with van der Waals surface area (Å²) in [7, 11) is -3.49. The Balaban J connectivity index is 2.17. The number of piperidine rings is 1. The first-order valence-corrected chi connectivity index (χ1v) is 9.35. The van der Waals surface area contributed by atoms with E-state index in [0.29, 0.717) is 13.0 Å². The molecule has 1 N–H and O–H groups in total. The Kier molecular flexibility index (Phi) is 5.58. The molecule has 1 atom stereocenters. The third-order valence-electron chi connectivity index (χ3n) is 3.74. The number of nitrogens with one attached hydrogen (secondary N) is 1. The minimum Gasteiger partial charge on any atom is -0.353 e. The second kappa shape index (κ2) is 7.24. The van der Waals surface area contributed by atoms with Crippen LogP contribution in [-0.4, -0.2) is 37.3 Å². The lowest BCUT2D eigenvalue weighted by atomic mass is 10.0. The summed E-state index contributed by atoms with van der Waals surface area (Å²) in [6.07, 6.45) is 2.28. The van der Waals surface area contributed by atoms with Crippen LogP contribution in [0.1, 0.15) is 38.7 Å². The van der Waals surface area contributed by atoms with Gasteiger partial charge in [-0.3, -0.25) is 4.79 Å². The van der Waals surface area contributed by atoms with Crippen LogP contribution < -0.4 is 5.32 Å². The van der Waals surface area contributed by atoms with Crippen molar-refractivity contribution in [2.24, 2.45) is 0 Å². The second-order valence-electron chi connectivity index (χ2n) is 6.03. The number of nitrogens with zero attached hydrogens (tertiary/aromatic N) is 1. The van der Waals surface area contributed by atoms with Crippen molar-refractivity contribution in [2.45, 2.75) is 50.9 Å². The zero-order valence-corrected chi connectivity index (χ0v) is 14.0. The molecule has 0 aliphatic carbocycles. The lowest BCUT2D eigenvalue weighted by Crippen LogP contribution is -2.53. The molecule has 0 radical (unpaired) electrons. The molecule has 1 fully saturated rings. The molecule has 1 aliphatic heterocycles. The summed E-state index contributed by atoms with van der Waals surface area (Å²) in [6.45, 7) is 4.18. The fourth-order valence-electron chi connectivity index (χ4n) is 2.75. The number of sulfonamides is 1. The fraction of sp³-hybridized carbons (Fsp3) is 0.562. The number of rotatable bonds is 5. The maximum absolute atomic E-state index is 12.7. The SMILES string of the molecule is CC(C)NC(=O)[C@@H]1CCCCN1S(=O)(=O)Cc1ccccc1. The van der Waals surface area contributed by atoms with Gasteiger partial charge in [0.2, 0.25) is 15.9 Å². The summed E-state index contributed by atoms with van der Waals surface area (Å²) >= 11 is 0. The zero-order valence-electron chi connectivity index (χ0n) is 13.2. The number of amides is 1. The molecule has 2 rings (SSSR count). The molecule has 0 saturated carbocycles. The van der Waals surface area contributed by atoms with E-state index in [1.807, 2.05) is 32.0 Å². The van der Waals surface area contributed by atoms with Gasteiger partial charge in [0.25, 0.3) is 0 Å². The molecule has 0 aromatic heterocycles. The van der Waals surface area contributed by atoms with Gasteiger partial charge in [-0.2, -0.15) is 4.31 Å². The molecule has 1 saturated heterocycles. The molecule has 6 heteroatoms. The predicted octanol–water partition coefficient (Wildman–Crippen LogP) is 1.90. The normalized spacial score (nSPS) is 20.0. The Hall–Kier alpha value is -1.40. The Morgan fingerprint density at radius 3 is 2.59 bits per heavy atom. The van der Waals surface area contributed by atoms with E-state index in [1.165, 1.54) is 4.31 Å². The first-order valence-electron chi connectivity index (χ1n) is 7.74. The third-order valence-corrected chi connectivity index (χ3v) is 5.59. The molecular formula is C16H24N2O3S. The molecule has 0 unspecified atom stereocenters. The molecule has 122 valence electrons. The highest BCUT2D eigenvalue weighted by atomic mass is 32.2. The Bertz CT molecular complexity index is 599. The van der Waals surface area contributed by atoms with Gasteiger partial charge < -0.3 is 5.32 Å². The maximum Gasteiger partial charge on any atom is 0.238 e. The second-order valence-corrected chi connectivity index (χ2v) is 7.95. The van der Waals surface area contributed by atoms with Crippen molar-refractivity contribution in [3.05, 3.63) is 35.9 Å². The average Bonchev–Trinajstić information content (AvgIpc) is 2.47. The smallest absolute Gasteiger partial charge is 0.238 e. The van der Waals surface area contributed by atoms with E-state index in [9.17, 15) is 13.2 Å². The first-order chi connectivity index (χ1) is 10.4. The summed E-state index contributed by atoms with van der Waals surface area (Å²) in [4.78, 5) is 12.3. The van der Waals surface area contributed by atoms with Crippen LogP contribution in [0.3, 0.4) is 0 Å². The quantitative estimate of drug-likeness (QED) is 0.899. The minimum absolute atomic E-state index is 0.00750. The van der Waals surface area contributed by atoms with Crippen molar-refractivity contribution in [2.75, 3.05) is 6.54 Å². The number of benzene rings is 1. The van der Waals surface area contributed by atoms with Crippen LogP contribution >= 0.6 is 0 Å². The van der Waals surface area contributed by atoms with Crippen LogP contribution in [0, 0.1) is 0 Å². The van der Waals surface area contributed by atoms with Gasteiger partial charge in [-0.25, -0.2) is 8.42 Å². The van der Waals surface area contributed by atoms with Crippen LogP contribution in [0.15, 0.2) is 30.3 Å². The number of carbonyl (C=O) groups is 1. The maximum atomic E-state index is 12.7. The van der Waals surface area contributed by atoms with Gasteiger partial charge in [0.05, 0.1) is 5.75 Å². The highest BCUT2D eigenvalue weighted by Gasteiger charge is 2.36. The van der Waals surface area contributed by atoms with Crippen LogP contribution in [0.4, 0.5) is 0 Å². The summed E-state index contributed by atoms with van der Waals surface area (Å²) in [6, 6.07) is 8.53. The lowest BCUT2D eigenvalue weighted by molar-refractivity contribution is -0.126. The molecule has 1 aromatic rings. The molecule has 0 spiro atoms. The molecule has 5 nitrogen and oxygen atoms in total. The van der Waals surface area contributed by atoms with Gasteiger partial charge in [-0.05, 0) is 32.3 Å². The summed E-state index contributed by atoms with van der Waals surface area (Å²) < 4.78 is 26.8. The number of hydrogen-bond donors (Lipinski definition) is 1. The van der Waals surface area contributed by atoms with Gasteiger partial charge in [0, 0.05) is 12.6 Å². The Morgan fingerprint density at radius 1 is 1.27 bits per heavy atom. The zero-order chi connectivity index (χ0) is 16.2. The molecular weight excluding hydrogens is 300 g/mol. The molecule has 1 aromatic carbocycles. The first kappa shape index (κ1) is 17.0. The minimum atomic E-state index is -3.49. The van der Waals surface area contributed by atoms with Crippen molar-refractivity contribution in [1.29, 1.82) is 0 Å². The fourth-order valence-corrected chi connectivity index (χ4v) is 4.52. The topological polar surface area (TPSA) is 66.5 Å². The van der Waals surface area contributed by atoms with E-state index >= 15 is 0 Å². The van der Waals surface area contributed by atoms with Crippen molar-refractivity contribution in [1.82, 2.24) is 9.62 Å². The molecule has 1 heterocycles. The van der Waals surface area contributed by atoms with E-state index in [1.54, 1.807) is 12.1 Å². The van der Waals surface area contributed by atoms with E-state index in [-0.39, 0.29) is 17.7 Å². The van der Waals surface area contributed by atoms with Crippen molar-refractivity contribution in [3.63, 3.8) is 0 Å². The summed E-state index contributed by atoms with van der Waals surface area (Å²) in [5, 5.41) is 2.83. The van der Waals surface area contributed by atoms with Crippen LogP contribution in [-0.2, 0) is 20.6 Å². The van der Waals surface area contributed by atoms with Crippen LogP contribution in [0.2, 0.25) is 0 Å². The van der Waals surface area contributed by atoms with Gasteiger partial charge in [0.15, 0.2) is 0 Å². The van der Waals surface area contributed by atoms with Gasteiger partial charge >= 0.3 is 0 Å². The van der Waals surface area contributed by atoms with Crippen molar-refractivity contribution in [3.8, 4) is 0 Å². The summed E-state index contributed by atoms with van der Waals surface area (Å²) in [5.41, 5.74) is 0.746. The van der Waals surface area contributed by atoms with Crippen LogP contribution in [0.5, 0.6) is 0 Å². The average molecular weight is 324 g/mol. The molecule has 0 bridgehead atoms. The monoisotopic (exact) mass is 324 g/mol. The van der Waals surface area contributed by atoms with Gasteiger partial charge in [0.1, 0.15) is 6.04 Å². The van der Waals surface area contributed by atoms with E-state index in [0.717, 1.165) is 18.4 Å². The van der Waals surface area contributed by atoms with Gasteiger partial charge in [-0.1, -0.05) is 36.8 Å². The van der Waals surface area contributed by atoms with E-state index in [4.69, 9.17) is 0 Å². The molecule has 22 heavy (non-hydrogen) atoms. The molecule has 1 amide bonds. The van der Waals surface area contributed by atoms with E-state index in [2.05, 4.69) is 5.32 Å². The largest absolute Gasteiger partial charge is 0.353 e. The van der Waals surface area contributed by atoms with Crippen molar-refractivity contribution >= 4 is 15.9 Å². The predicted molar refractivity (Wildman–Crippen MR) is 86.7 cm³/mol. The Morgan fingerprint density at radius 2 is 1.95 bits per heavy atom. The van der Waals surface area contributed by atoms with Gasteiger partial charge in [-0.15, -0.1) is 0 Å². The van der Waals surface area contributed by atoms with Crippen molar-refractivity contribution < 1.29 is 13.2 Å². The highest BCUT2D eigenvalue weighted by Crippen LogP contribution is 2.23. The third kappa shape index (κ3) is 4.30.